The third-order valence-electron chi connectivity index (χ3n) is 4.09. The molecule has 156 valence electrons. The number of imide groups is 1. The molecule has 1 aliphatic rings. The Morgan fingerprint density at radius 3 is 2.67 bits per heavy atom. The Bertz CT molecular complexity index is 1020. The number of methoxy groups -OCH3 is 1. The van der Waals surface area contributed by atoms with Crippen LogP contribution in [0.25, 0.3) is 6.08 Å². The van der Waals surface area contributed by atoms with E-state index in [1.54, 1.807) is 43.3 Å². The van der Waals surface area contributed by atoms with Crippen LogP contribution in [0.15, 0.2) is 48.2 Å². The maximum absolute atomic E-state index is 12.7. The zero-order valence-corrected chi connectivity index (χ0v) is 17.1. The number of carbonyl (C=O) groups excluding carboxylic acids is 3. The van der Waals surface area contributed by atoms with Crippen molar-refractivity contribution in [2.75, 3.05) is 25.2 Å². The lowest BCUT2D eigenvalue weighted by atomic mass is 10.1. The number of rotatable bonds is 7. The molecule has 3 amide bonds. The molecule has 0 bridgehead atoms. The summed E-state index contributed by atoms with van der Waals surface area (Å²) in [7, 11) is 1.45. The summed E-state index contributed by atoms with van der Waals surface area (Å²) >= 11 is 5.96. The molecule has 0 aliphatic carbocycles. The summed E-state index contributed by atoms with van der Waals surface area (Å²) in [6.07, 6.45) is 1.52. The molecule has 0 unspecified atom stereocenters. The summed E-state index contributed by atoms with van der Waals surface area (Å²) < 4.78 is 15.5. The molecule has 1 N–H and O–H groups in total. The number of hydrogen-bond donors (Lipinski definition) is 1. The average molecular weight is 431 g/mol. The van der Waals surface area contributed by atoms with Gasteiger partial charge in [0.2, 0.25) is 0 Å². The van der Waals surface area contributed by atoms with Crippen LogP contribution in [0.5, 0.6) is 11.5 Å². The van der Waals surface area contributed by atoms with Gasteiger partial charge in [-0.15, -0.1) is 0 Å². The highest BCUT2D eigenvalue weighted by atomic mass is 35.5. The fourth-order valence-corrected chi connectivity index (χ4v) is 2.97. The van der Waals surface area contributed by atoms with E-state index in [1.165, 1.54) is 19.3 Å². The lowest BCUT2D eigenvalue weighted by molar-refractivity contribution is -0.145. The number of halogens is 1. The number of nitrogens with one attached hydrogen (secondary N) is 1. The third-order valence-corrected chi connectivity index (χ3v) is 4.33. The second-order valence-electron chi connectivity index (χ2n) is 6.11. The summed E-state index contributed by atoms with van der Waals surface area (Å²) in [5.74, 6) is -0.304. The topological polar surface area (TPSA) is 94.2 Å². The zero-order chi connectivity index (χ0) is 21.7. The molecule has 0 saturated carbocycles. The van der Waals surface area contributed by atoms with Gasteiger partial charge in [-0.2, -0.15) is 0 Å². The van der Waals surface area contributed by atoms with Crippen molar-refractivity contribution < 1.29 is 28.6 Å². The van der Waals surface area contributed by atoms with Crippen LogP contribution in [0, 0.1) is 0 Å². The first-order chi connectivity index (χ1) is 14.4. The molecule has 2 aromatic carbocycles. The maximum Gasteiger partial charge on any atom is 0.344 e. The molecule has 0 spiro atoms. The normalized spacial score (nSPS) is 14.6. The minimum absolute atomic E-state index is 0.0993. The number of nitrogens with zero attached hydrogens (tertiary/aromatic N) is 1. The van der Waals surface area contributed by atoms with E-state index >= 15 is 0 Å². The van der Waals surface area contributed by atoms with Crippen molar-refractivity contribution in [3.05, 3.63) is 58.7 Å². The van der Waals surface area contributed by atoms with Gasteiger partial charge in [0.05, 0.1) is 19.4 Å². The number of anilines is 1. The Labute approximate surface area is 178 Å². The Hall–Kier alpha value is -3.52. The first-order valence-corrected chi connectivity index (χ1v) is 9.40. The Balaban J connectivity index is 1.80. The van der Waals surface area contributed by atoms with Gasteiger partial charge in [0.1, 0.15) is 5.70 Å². The number of carbonyl (C=O) groups is 3. The van der Waals surface area contributed by atoms with E-state index in [0.717, 1.165) is 4.90 Å². The largest absolute Gasteiger partial charge is 0.493 e. The smallest absolute Gasteiger partial charge is 0.344 e. The quantitative estimate of drug-likeness (QED) is 0.411. The molecular weight excluding hydrogens is 412 g/mol. The minimum Gasteiger partial charge on any atom is -0.493 e. The lowest BCUT2D eigenvalue weighted by Gasteiger charge is -2.12. The van der Waals surface area contributed by atoms with Crippen LogP contribution in [0.3, 0.4) is 0 Å². The predicted octanol–water partition coefficient (Wildman–Crippen LogP) is 3.39. The predicted molar refractivity (Wildman–Crippen MR) is 111 cm³/mol. The van der Waals surface area contributed by atoms with Crippen LogP contribution in [0.2, 0.25) is 5.02 Å². The van der Waals surface area contributed by atoms with Crippen molar-refractivity contribution in [2.24, 2.45) is 0 Å². The van der Waals surface area contributed by atoms with Crippen molar-refractivity contribution in [3.63, 3.8) is 0 Å². The fraction of sp³-hybridized carbons (Fsp3) is 0.190. The number of amides is 3. The second kappa shape index (κ2) is 9.32. The zero-order valence-electron chi connectivity index (χ0n) is 16.3. The van der Waals surface area contributed by atoms with Gasteiger partial charge in [-0.3, -0.25) is 4.79 Å². The van der Waals surface area contributed by atoms with E-state index in [2.05, 4.69) is 5.32 Å². The van der Waals surface area contributed by atoms with E-state index < -0.39 is 17.9 Å². The van der Waals surface area contributed by atoms with Gasteiger partial charge in [0.15, 0.2) is 18.1 Å². The Morgan fingerprint density at radius 1 is 1.17 bits per heavy atom. The van der Waals surface area contributed by atoms with Gasteiger partial charge in [-0.25, -0.2) is 14.5 Å². The van der Waals surface area contributed by atoms with Gasteiger partial charge >= 0.3 is 12.0 Å². The summed E-state index contributed by atoms with van der Waals surface area (Å²) in [4.78, 5) is 37.5. The summed E-state index contributed by atoms with van der Waals surface area (Å²) in [5, 5.41) is 2.96. The van der Waals surface area contributed by atoms with Gasteiger partial charge in [0, 0.05) is 5.02 Å². The summed E-state index contributed by atoms with van der Waals surface area (Å²) in [6.45, 7) is 1.71. The van der Waals surface area contributed by atoms with E-state index in [0.29, 0.717) is 27.8 Å². The lowest BCUT2D eigenvalue weighted by Crippen LogP contribution is -2.30. The number of benzene rings is 2. The molecule has 0 atom stereocenters. The first kappa shape index (κ1) is 21.2. The number of esters is 1. The van der Waals surface area contributed by atoms with Crippen LogP contribution in [-0.4, -0.2) is 38.2 Å². The van der Waals surface area contributed by atoms with Crippen LogP contribution in [0.4, 0.5) is 10.5 Å². The first-order valence-electron chi connectivity index (χ1n) is 9.02. The molecular formula is C21H19ClN2O6. The number of urea groups is 1. The molecule has 2 aromatic rings. The van der Waals surface area contributed by atoms with Crippen molar-refractivity contribution in [3.8, 4) is 11.5 Å². The molecule has 0 aromatic heterocycles. The molecule has 1 aliphatic heterocycles. The molecule has 8 nitrogen and oxygen atoms in total. The molecule has 1 fully saturated rings. The average Bonchev–Trinajstić information content (AvgIpc) is 3.00. The minimum atomic E-state index is -0.574. The van der Waals surface area contributed by atoms with Crippen LogP contribution >= 0.6 is 11.6 Å². The molecule has 9 heteroatoms. The number of hydrogen-bond acceptors (Lipinski definition) is 6. The SMILES string of the molecule is CCOC(=O)COc1ccc(C=C2NC(=O)N(c3cccc(Cl)c3)C2=O)cc1OC. The number of ether oxygens (including phenoxy) is 3. The second-order valence-corrected chi connectivity index (χ2v) is 6.55. The van der Waals surface area contributed by atoms with E-state index in [1.807, 2.05) is 0 Å². The van der Waals surface area contributed by atoms with Crippen LogP contribution in [-0.2, 0) is 14.3 Å². The third kappa shape index (κ3) is 4.72. The summed E-state index contributed by atoms with van der Waals surface area (Å²) in [5.41, 5.74) is 1.06. The van der Waals surface area contributed by atoms with Crippen molar-refractivity contribution >= 4 is 41.3 Å². The van der Waals surface area contributed by atoms with Crippen molar-refractivity contribution in [2.45, 2.75) is 6.92 Å². The summed E-state index contributed by atoms with van der Waals surface area (Å²) in [6, 6.07) is 10.8. The van der Waals surface area contributed by atoms with Crippen molar-refractivity contribution in [1.82, 2.24) is 5.32 Å². The highest BCUT2D eigenvalue weighted by molar-refractivity contribution is 6.32. The Morgan fingerprint density at radius 2 is 1.97 bits per heavy atom. The Kier molecular flexibility index (Phi) is 6.58. The van der Waals surface area contributed by atoms with Gasteiger partial charge in [-0.1, -0.05) is 23.7 Å². The highest BCUT2D eigenvalue weighted by Gasteiger charge is 2.34. The monoisotopic (exact) mass is 430 g/mol. The van der Waals surface area contributed by atoms with E-state index in [9.17, 15) is 14.4 Å². The fourth-order valence-electron chi connectivity index (χ4n) is 2.78. The van der Waals surface area contributed by atoms with Gasteiger partial charge in [0.25, 0.3) is 5.91 Å². The van der Waals surface area contributed by atoms with E-state index in [4.69, 9.17) is 25.8 Å². The maximum atomic E-state index is 12.7. The molecule has 0 radical (unpaired) electrons. The molecule has 3 rings (SSSR count). The van der Waals surface area contributed by atoms with Gasteiger partial charge < -0.3 is 19.5 Å². The molecule has 1 heterocycles. The van der Waals surface area contributed by atoms with Crippen LogP contribution in [0.1, 0.15) is 12.5 Å². The van der Waals surface area contributed by atoms with Crippen LogP contribution < -0.4 is 19.7 Å². The standard InChI is InChI=1S/C21H19ClN2O6/c1-3-29-19(25)12-30-17-8-7-13(10-18(17)28-2)9-16-20(26)24(21(27)23-16)15-6-4-5-14(22)11-15/h4-11H,3,12H2,1-2H3,(H,23,27). The highest BCUT2D eigenvalue weighted by Crippen LogP contribution is 2.30. The molecule has 1 saturated heterocycles. The van der Waals surface area contributed by atoms with Crippen molar-refractivity contribution in [1.29, 1.82) is 0 Å². The van der Waals surface area contributed by atoms with E-state index in [-0.39, 0.29) is 18.9 Å². The molecule has 30 heavy (non-hydrogen) atoms. The van der Waals surface area contributed by atoms with Gasteiger partial charge in [-0.05, 0) is 48.9 Å².